The van der Waals surface area contributed by atoms with Crippen molar-refractivity contribution in [3.05, 3.63) is 65.0 Å². The fourth-order valence-electron chi connectivity index (χ4n) is 2.45. The van der Waals surface area contributed by atoms with Gasteiger partial charge in [0.2, 0.25) is 5.96 Å². The van der Waals surface area contributed by atoms with Crippen LogP contribution >= 0.6 is 11.3 Å². The summed E-state index contributed by atoms with van der Waals surface area (Å²) in [5.41, 5.74) is 6.29. The lowest BCUT2D eigenvalue weighted by Crippen LogP contribution is -2.24. The molecule has 3 N–H and O–H groups in total. The van der Waals surface area contributed by atoms with Gasteiger partial charge in [-0.25, -0.2) is 9.78 Å². The highest BCUT2D eigenvalue weighted by Gasteiger charge is 2.15. The van der Waals surface area contributed by atoms with Crippen molar-refractivity contribution in [3.8, 4) is 0 Å². The van der Waals surface area contributed by atoms with Gasteiger partial charge < -0.3 is 15.5 Å². The lowest BCUT2D eigenvalue weighted by atomic mass is 10.2. The van der Waals surface area contributed by atoms with Crippen LogP contribution in [0, 0.1) is 0 Å². The molecule has 0 saturated heterocycles. The maximum Gasteiger partial charge on any atom is 0.336 e. The highest BCUT2D eigenvalue weighted by molar-refractivity contribution is 7.90. The van der Waals surface area contributed by atoms with Gasteiger partial charge in [-0.15, -0.1) is 4.40 Å². The van der Waals surface area contributed by atoms with E-state index < -0.39 is 15.6 Å². The van der Waals surface area contributed by atoms with Gasteiger partial charge in [-0.2, -0.15) is 8.42 Å². The largest absolute Gasteiger partial charge is 0.423 e. The maximum atomic E-state index is 12.5. The van der Waals surface area contributed by atoms with Gasteiger partial charge in [-0.3, -0.25) is 0 Å². The lowest BCUT2D eigenvalue weighted by Gasteiger charge is -2.03. The standard InChI is InChI=1S/C17H12N4O4S2/c18-16(20-17-19-12-3-1-2-4-14(12)26-17)21-27(23,24)11-6-7-13-10(9-11)5-8-15(22)25-13/h1-9H,(H3,18,19,20,21). The first-order valence-corrected chi connectivity index (χ1v) is 9.93. The van der Waals surface area contributed by atoms with Crippen LogP contribution in [0.4, 0.5) is 5.13 Å². The molecule has 0 amide bonds. The number of guanidine groups is 1. The molecule has 0 aliphatic carbocycles. The number of hydrogen-bond acceptors (Lipinski definition) is 6. The second-order valence-corrected chi connectivity index (χ2v) is 8.15. The number of benzene rings is 2. The monoisotopic (exact) mass is 400 g/mol. The summed E-state index contributed by atoms with van der Waals surface area (Å²) >= 11 is 1.33. The molecule has 0 radical (unpaired) electrons. The summed E-state index contributed by atoms with van der Waals surface area (Å²) in [5, 5.41) is 3.60. The number of hydrogen-bond donors (Lipinski definition) is 2. The van der Waals surface area contributed by atoms with Crippen LogP contribution in [-0.2, 0) is 10.0 Å². The Balaban J connectivity index is 1.64. The molecule has 2 heterocycles. The Morgan fingerprint density at radius 3 is 2.78 bits per heavy atom. The molecule has 2 aromatic heterocycles. The zero-order chi connectivity index (χ0) is 19.0. The first-order chi connectivity index (χ1) is 12.9. The molecular formula is C17H12N4O4S2. The molecule has 0 aliphatic heterocycles. The maximum absolute atomic E-state index is 12.5. The molecule has 136 valence electrons. The first-order valence-electron chi connectivity index (χ1n) is 7.68. The summed E-state index contributed by atoms with van der Waals surface area (Å²) in [6.07, 6.45) is 0. The fraction of sp³-hybridized carbons (Fsp3) is 0. The molecule has 27 heavy (non-hydrogen) atoms. The number of nitrogens with one attached hydrogen (secondary N) is 1. The minimum atomic E-state index is -4.05. The van der Waals surface area contributed by atoms with E-state index in [1.807, 2.05) is 24.3 Å². The van der Waals surface area contributed by atoms with E-state index in [2.05, 4.69) is 14.7 Å². The molecule has 4 rings (SSSR count). The Morgan fingerprint density at radius 2 is 1.96 bits per heavy atom. The molecule has 0 bridgehead atoms. The van der Waals surface area contributed by atoms with E-state index in [1.165, 1.54) is 41.7 Å². The minimum Gasteiger partial charge on any atom is -0.423 e. The third kappa shape index (κ3) is 3.52. The highest BCUT2D eigenvalue weighted by atomic mass is 32.2. The number of thiazole rings is 1. The van der Waals surface area contributed by atoms with Crippen LogP contribution in [-0.4, -0.2) is 19.4 Å². The third-order valence-corrected chi connectivity index (χ3v) is 5.87. The van der Waals surface area contributed by atoms with Crippen molar-refractivity contribution < 1.29 is 12.8 Å². The number of nitrogens with two attached hydrogens (primary N) is 1. The van der Waals surface area contributed by atoms with Gasteiger partial charge in [-0.1, -0.05) is 23.5 Å². The van der Waals surface area contributed by atoms with Gasteiger partial charge >= 0.3 is 5.63 Å². The summed E-state index contributed by atoms with van der Waals surface area (Å²) in [5.74, 6) is -0.297. The molecular weight excluding hydrogens is 388 g/mol. The van der Waals surface area contributed by atoms with Gasteiger partial charge in [0.1, 0.15) is 5.58 Å². The highest BCUT2D eigenvalue weighted by Crippen LogP contribution is 2.25. The molecule has 0 atom stereocenters. The summed E-state index contributed by atoms with van der Waals surface area (Å²) in [6.45, 7) is 0. The Hall–Kier alpha value is -3.24. The quantitative estimate of drug-likeness (QED) is 0.307. The average Bonchev–Trinajstić information content (AvgIpc) is 3.02. The summed E-state index contributed by atoms with van der Waals surface area (Å²) in [4.78, 5) is 15.5. The third-order valence-electron chi connectivity index (χ3n) is 3.64. The number of nitrogens with zero attached hydrogens (tertiary/aromatic N) is 2. The lowest BCUT2D eigenvalue weighted by molar-refractivity contribution is 0.560. The van der Waals surface area contributed by atoms with Crippen molar-refractivity contribution >= 4 is 53.6 Å². The van der Waals surface area contributed by atoms with Crippen LogP contribution < -0.4 is 16.7 Å². The van der Waals surface area contributed by atoms with Crippen LogP contribution in [0.25, 0.3) is 21.2 Å². The van der Waals surface area contributed by atoms with Crippen molar-refractivity contribution in [2.75, 3.05) is 5.32 Å². The fourth-order valence-corrected chi connectivity index (χ4v) is 4.25. The van der Waals surface area contributed by atoms with E-state index in [0.29, 0.717) is 10.5 Å². The second kappa shape index (κ2) is 6.49. The van der Waals surface area contributed by atoms with Gasteiger partial charge in [0.15, 0.2) is 5.13 Å². The molecule has 0 saturated carbocycles. The molecule has 8 nitrogen and oxygen atoms in total. The number of para-hydroxylation sites is 1. The van der Waals surface area contributed by atoms with E-state index in [9.17, 15) is 13.2 Å². The smallest absolute Gasteiger partial charge is 0.336 e. The van der Waals surface area contributed by atoms with Gasteiger partial charge in [0.25, 0.3) is 10.0 Å². The summed E-state index contributed by atoms with van der Waals surface area (Å²) < 4.78 is 34.5. The first kappa shape index (κ1) is 17.2. The Morgan fingerprint density at radius 1 is 1.15 bits per heavy atom. The predicted molar refractivity (Wildman–Crippen MR) is 105 cm³/mol. The van der Waals surface area contributed by atoms with Crippen LogP contribution in [0.2, 0.25) is 0 Å². The van der Waals surface area contributed by atoms with Crippen LogP contribution in [0.1, 0.15) is 0 Å². The molecule has 2 aromatic carbocycles. The van der Waals surface area contributed by atoms with Gasteiger partial charge in [0, 0.05) is 11.5 Å². The summed E-state index contributed by atoms with van der Waals surface area (Å²) in [6, 6.07) is 14.2. The number of fused-ring (bicyclic) bond motifs is 2. The van der Waals surface area contributed by atoms with Crippen molar-refractivity contribution in [2.24, 2.45) is 10.1 Å². The number of aromatic nitrogens is 1. The number of rotatable bonds is 3. The van der Waals surface area contributed by atoms with Crippen LogP contribution in [0.5, 0.6) is 0 Å². The Kier molecular flexibility index (Phi) is 4.13. The van der Waals surface area contributed by atoms with E-state index in [4.69, 9.17) is 10.2 Å². The Bertz CT molecular complexity index is 1320. The second-order valence-electron chi connectivity index (χ2n) is 5.52. The molecule has 4 aromatic rings. The van der Waals surface area contributed by atoms with E-state index in [0.717, 1.165) is 10.2 Å². The zero-order valence-electron chi connectivity index (χ0n) is 13.6. The van der Waals surface area contributed by atoms with Gasteiger partial charge in [0.05, 0.1) is 15.1 Å². The molecule has 0 fully saturated rings. The SMILES string of the molecule is N/C(=N\S(=O)(=O)c1ccc2oc(=O)ccc2c1)Nc1nc2ccccc2s1. The van der Waals surface area contributed by atoms with E-state index in [1.54, 1.807) is 0 Å². The molecule has 0 spiro atoms. The van der Waals surface area contributed by atoms with E-state index in [-0.39, 0.29) is 16.4 Å². The van der Waals surface area contributed by atoms with Crippen LogP contribution in [0.3, 0.4) is 0 Å². The minimum absolute atomic E-state index is 0.0714. The summed E-state index contributed by atoms with van der Waals surface area (Å²) in [7, 11) is -4.05. The molecule has 0 unspecified atom stereocenters. The van der Waals surface area contributed by atoms with Crippen LogP contribution in [0.15, 0.2) is 73.1 Å². The topological polar surface area (TPSA) is 128 Å². The van der Waals surface area contributed by atoms with Crippen molar-refractivity contribution in [2.45, 2.75) is 4.90 Å². The molecule has 10 heteroatoms. The van der Waals surface area contributed by atoms with Crippen molar-refractivity contribution in [1.82, 2.24) is 4.98 Å². The number of anilines is 1. The van der Waals surface area contributed by atoms with Crippen molar-refractivity contribution in [1.29, 1.82) is 0 Å². The predicted octanol–water partition coefficient (Wildman–Crippen LogP) is 2.52. The average molecular weight is 400 g/mol. The zero-order valence-corrected chi connectivity index (χ0v) is 15.3. The van der Waals surface area contributed by atoms with Crippen molar-refractivity contribution in [3.63, 3.8) is 0 Å². The molecule has 0 aliphatic rings. The van der Waals surface area contributed by atoms with Gasteiger partial charge in [-0.05, 0) is 36.4 Å². The van der Waals surface area contributed by atoms with E-state index >= 15 is 0 Å². The Labute approximate surface area is 157 Å². The normalized spacial score (nSPS) is 12.5. The number of sulfonamides is 1.